The number of fused-ring (bicyclic) bond motifs is 1. The molecule has 2 aliphatic rings. The summed E-state index contributed by atoms with van der Waals surface area (Å²) in [6, 6.07) is 8.05. The van der Waals surface area contributed by atoms with Gasteiger partial charge in [-0.3, -0.25) is 9.59 Å². The molecule has 1 saturated carbocycles. The predicted octanol–water partition coefficient (Wildman–Crippen LogP) is 4.11. The number of hydrogen-bond acceptors (Lipinski definition) is 3. The van der Waals surface area contributed by atoms with E-state index in [2.05, 4.69) is 10.3 Å². The zero-order chi connectivity index (χ0) is 24.5. The highest BCUT2D eigenvalue weighted by atomic mass is 19.1. The molecule has 0 spiro atoms. The minimum absolute atomic E-state index is 0.0295. The molecule has 9 heteroatoms. The van der Waals surface area contributed by atoms with Crippen LogP contribution in [0.1, 0.15) is 30.7 Å². The topological polar surface area (TPSA) is 74.4 Å². The molecule has 2 fully saturated rings. The van der Waals surface area contributed by atoms with Crippen molar-refractivity contribution in [3.63, 3.8) is 0 Å². The Morgan fingerprint density at radius 3 is 2.46 bits per heavy atom. The van der Waals surface area contributed by atoms with E-state index in [1.165, 1.54) is 18.2 Å². The van der Waals surface area contributed by atoms with Crippen LogP contribution in [0, 0.1) is 23.4 Å². The molecule has 1 aliphatic heterocycles. The van der Waals surface area contributed by atoms with Crippen LogP contribution in [-0.2, 0) is 14.3 Å². The number of nitrogens with one attached hydrogen (secondary N) is 2. The molecule has 0 bridgehead atoms. The highest BCUT2D eigenvalue weighted by Gasteiger charge is 2.35. The molecule has 1 aliphatic carbocycles. The molecule has 2 N–H and O–H groups in total. The van der Waals surface area contributed by atoms with Crippen molar-refractivity contribution in [2.45, 2.75) is 25.2 Å². The first-order valence-electron chi connectivity index (χ1n) is 11.8. The third-order valence-corrected chi connectivity index (χ3v) is 6.90. The van der Waals surface area contributed by atoms with Crippen molar-refractivity contribution in [1.82, 2.24) is 15.2 Å². The van der Waals surface area contributed by atoms with Gasteiger partial charge in [0.1, 0.15) is 23.9 Å². The fraction of sp³-hybridized carbons (Fsp3) is 0.385. The fourth-order valence-corrected chi connectivity index (χ4v) is 5.03. The van der Waals surface area contributed by atoms with E-state index in [4.69, 9.17) is 4.74 Å². The minimum Gasteiger partial charge on any atom is -0.378 e. The lowest BCUT2D eigenvalue weighted by Gasteiger charge is -2.36. The summed E-state index contributed by atoms with van der Waals surface area (Å²) >= 11 is 0. The Morgan fingerprint density at radius 1 is 1.03 bits per heavy atom. The number of nitrogens with zero attached hydrogens (tertiary/aromatic N) is 1. The lowest BCUT2D eigenvalue weighted by molar-refractivity contribution is -0.139. The van der Waals surface area contributed by atoms with Crippen LogP contribution in [0.4, 0.5) is 13.2 Å². The molecule has 3 aromatic rings. The van der Waals surface area contributed by atoms with E-state index in [-0.39, 0.29) is 41.4 Å². The van der Waals surface area contributed by atoms with E-state index in [0.717, 1.165) is 24.5 Å². The van der Waals surface area contributed by atoms with Crippen molar-refractivity contribution in [1.29, 1.82) is 0 Å². The number of aromatic amines is 1. The second-order valence-corrected chi connectivity index (χ2v) is 9.24. The average Bonchev–Trinajstić information content (AvgIpc) is 3.18. The van der Waals surface area contributed by atoms with E-state index in [1.54, 1.807) is 17.0 Å². The first-order chi connectivity index (χ1) is 16.9. The van der Waals surface area contributed by atoms with Gasteiger partial charge in [-0.25, -0.2) is 13.2 Å². The number of morpholine rings is 1. The maximum Gasteiger partial charge on any atom is 0.232 e. The molecule has 35 heavy (non-hydrogen) atoms. The van der Waals surface area contributed by atoms with Crippen LogP contribution < -0.4 is 5.32 Å². The van der Waals surface area contributed by atoms with E-state index in [1.807, 2.05) is 0 Å². The van der Waals surface area contributed by atoms with Crippen LogP contribution in [0.25, 0.3) is 22.2 Å². The highest BCUT2D eigenvalue weighted by Crippen LogP contribution is 2.48. The lowest BCUT2D eigenvalue weighted by Crippen LogP contribution is -2.43. The Labute approximate surface area is 200 Å². The second kappa shape index (κ2) is 9.73. The van der Waals surface area contributed by atoms with Gasteiger partial charge in [-0.2, -0.15) is 0 Å². The third-order valence-electron chi connectivity index (χ3n) is 6.90. The first kappa shape index (κ1) is 23.4. The maximum absolute atomic E-state index is 14.5. The number of carbonyl (C=O) groups excluding carboxylic acids is 2. The van der Waals surface area contributed by atoms with Gasteiger partial charge in [0, 0.05) is 31.1 Å². The number of ether oxygens (including phenoxy) is 1. The van der Waals surface area contributed by atoms with Crippen molar-refractivity contribution in [3.8, 4) is 11.3 Å². The van der Waals surface area contributed by atoms with Crippen LogP contribution in [0.15, 0.2) is 36.4 Å². The van der Waals surface area contributed by atoms with Gasteiger partial charge in [-0.15, -0.1) is 0 Å². The van der Waals surface area contributed by atoms with Gasteiger partial charge in [0.05, 0.1) is 24.4 Å². The van der Waals surface area contributed by atoms with Crippen molar-refractivity contribution < 1.29 is 27.5 Å². The molecule has 0 unspecified atom stereocenters. The molecular formula is C26H26F3N3O3. The van der Waals surface area contributed by atoms with Crippen molar-refractivity contribution >= 4 is 22.7 Å². The van der Waals surface area contributed by atoms with E-state index < -0.39 is 11.6 Å². The normalized spacial score (nSPS) is 20.0. The molecular weight excluding hydrogens is 459 g/mol. The Bertz CT molecular complexity index is 1250. The summed E-state index contributed by atoms with van der Waals surface area (Å²) in [4.78, 5) is 29.2. The van der Waals surface area contributed by atoms with Crippen LogP contribution in [0.5, 0.6) is 0 Å². The summed E-state index contributed by atoms with van der Waals surface area (Å²) in [5.74, 6) is -2.02. The first-order valence-corrected chi connectivity index (χ1v) is 11.8. The number of amides is 2. The van der Waals surface area contributed by atoms with E-state index >= 15 is 0 Å². The second-order valence-electron chi connectivity index (χ2n) is 9.24. The molecule has 1 aromatic heterocycles. The summed E-state index contributed by atoms with van der Waals surface area (Å²) in [5, 5.41) is 3.32. The van der Waals surface area contributed by atoms with Crippen molar-refractivity contribution in [2.24, 2.45) is 5.92 Å². The Morgan fingerprint density at radius 2 is 1.74 bits per heavy atom. The molecule has 0 radical (unpaired) electrons. The van der Waals surface area contributed by atoms with Gasteiger partial charge in [0.25, 0.3) is 0 Å². The fourth-order valence-electron chi connectivity index (χ4n) is 5.03. The Kier molecular flexibility index (Phi) is 6.51. The summed E-state index contributed by atoms with van der Waals surface area (Å²) in [5.41, 5.74) is 2.36. The number of carbonyl (C=O) groups is 2. The average molecular weight is 486 g/mol. The number of halogens is 3. The van der Waals surface area contributed by atoms with Gasteiger partial charge in [-0.05, 0) is 66.1 Å². The van der Waals surface area contributed by atoms with Crippen LogP contribution in [-0.4, -0.2) is 54.5 Å². The number of H-pyrrole nitrogens is 1. The zero-order valence-electron chi connectivity index (χ0n) is 19.1. The standard InChI is InChI=1S/C26H26F3N3O3/c27-18-3-1-16(2-4-18)25-24(20-11-19(28)12-21(29)26(20)31-25)17-9-15(10-17)14-30-22(33)13-23(34)32-5-7-35-8-6-32/h1-4,11-12,15,17,31H,5-10,13-14H2,(H,30,33)/t15-,17+. The molecule has 6 nitrogen and oxygen atoms in total. The van der Waals surface area contributed by atoms with Gasteiger partial charge in [-0.1, -0.05) is 0 Å². The number of hydrogen-bond donors (Lipinski definition) is 2. The van der Waals surface area contributed by atoms with Crippen molar-refractivity contribution in [2.75, 3.05) is 32.8 Å². The summed E-state index contributed by atoms with van der Waals surface area (Å²) in [6.45, 7) is 2.40. The van der Waals surface area contributed by atoms with Gasteiger partial charge in [0.2, 0.25) is 11.8 Å². The van der Waals surface area contributed by atoms with Gasteiger partial charge in [0.15, 0.2) is 0 Å². The molecule has 5 rings (SSSR count). The molecule has 184 valence electrons. The third kappa shape index (κ3) is 4.91. The minimum atomic E-state index is -0.678. The maximum atomic E-state index is 14.5. The number of benzene rings is 2. The van der Waals surface area contributed by atoms with Crippen LogP contribution in [0.3, 0.4) is 0 Å². The summed E-state index contributed by atoms with van der Waals surface area (Å²) < 4.78 is 47.3. The molecule has 2 heterocycles. The summed E-state index contributed by atoms with van der Waals surface area (Å²) in [6.07, 6.45) is 1.25. The number of aromatic nitrogens is 1. The smallest absolute Gasteiger partial charge is 0.232 e. The highest BCUT2D eigenvalue weighted by molar-refractivity contribution is 5.97. The van der Waals surface area contributed by atoms with Crippen LogP contribution in [0.2, 0.25) is 0 Å². The van der Waals surface area contributed by atoms with Crippen LogP contribution >= 0.6 is 0 Å². The SMILES string of the molecule is O=C(CC(=O)N1CCOCC1)NC[C@H]1C[C@@H](c2c(-c3ccc(F)cc3)[nH]c3c(F)cc(F)cc32)C1. The molecule has 2 amide bonds. The van der Waals surface area contributed by atoms with E-state index in [0.29, 0.717) is 49.5 Å². The monoisotopic (exact) mass is 485 g/mol. The molecule has 2 aromatic carbocycles. The van der Waals surface area contributed by atoms with E-state index in [9.17, 15) is 22.8 Å². The Hall–Kier alpha value is -3.33. The lowest BCUT2D eigenvalue weighted by atomic mass is 9.70. The Balaban J connectivity index is 1.26. The zero-order valence-corrected chi connectivity index (χ0v) is 19.1. The molecule has 0 atom stereocenters. The van der Waals surface area contributed by atoms with Gasteiger partial charge >= 0.3 is 0 Å². The quantitative estimate of drug-likeness (QED) is 0.516. The summed E-state index contributed by atoms with van der Waals surface area (Å²) in [7, 11) is 0. The number of rotatable bonds is 6. The largest absolute Gasteiger partial charge is 0.378 e. The van der Waals surface area contributed by atoms with Crippen molar-refractivity contribution in [3.05, 3.63) is 59.4 Å². The van der Waals surface area contributed by atoms with Gasteiger partial charge < -0.3 is 19.9 Å². The molecule has 1 saturated heterocycles. The predicted molar refractivity (Wildman–Crippen MR) is 124 cm³/mol.